The Labute approximate surface area is 121 Å². The maximum absolute atomic E-state index is 12.3. The molecule has 106 valence electrons. The van der Waals surface area contributed by atoms with Gasteiger partial charge in [-0.3, -0.25) is 9.59 Å². The van der Waals surface area contributed by atoms with Gasteiger partial charge in [0.2, 0.25) is 5.91 Å². The number of hydrogen-bond acceptors (Lipinski definition) is 4. The average Bonchev–Trinajstić information content (AvgIpc) is 2.89. The minimum absolute atomic E-state index is 0.0467. The van der Waals surface area contributed by atoms with Crippen LogP contribution in [0, 0.1) is 0 Å². The third-order valence-corrected chi connectivity index (χ3v) is 4.36. The molecule has 0 spiro atoms. The molecule has 5 nitrogen and oxygen atoms in total. The molecule has 1 aromatic carbocycles. The standard InChI is InChI=1S/C14H16N2O3S/c17-13(5-6-15-8-10-20-14(15)18)16-7-9-19-12-4-2-1-3-11(12)16/h1-4H,5-10H2. The van der Waals surface area contributed by atoms with Crippen LogP contribution in [-0.2, 0) is 4.79 Å². The Kier molecular flexibility index (Phi) is 3.82. The predicted molar refractivity (Wildman–Crippen MR) is 78.3 cm³/mol. The second-order valence-electron chi connectivity index (χ2n) is 4.71. The lowest BCUT2D eigenvalue weighted by molar-refractivity contribution is -0.119. The number of rotatable bonds is 3. The summed E-state index contributed by atoms with van der Waals surface area (Å²) >= 11 is 1.32. The molecule has 6 heteroatoms. The Morgan fingerprint density at radius 1 is 1.30 bits per heavy atom. The number of amides is 2. The van der Waals surface area contributed by atoms with Crippen molar-refractivity contribution >= 4 is 28.6 Å². The van der Waals surface area contributed by atoms with Crippen molar-refractivity contribution in [3.05, 3.63) is 24.3 Å². The van der Waals surface area contributed by atoms with Crippen LogP contribution in [0.2, 0.25) is 0 Å². The number of nitrogens with zero attached hydrogens (tertiary/aromatic N) is 2. The second kappa shape index (κ2) is 5.75. The Balaban J connectivity index is 1.64. The molecule has 1 fully saturated rings. The lowest BCUT2D eigenvalue weighted by atomic mass is 10.2. The van der Waals surface area contributed by atoms with Crippen molar-refractivity contribution < 1.29 is 14.3 Å². The van der Waals surface area contributed by atoms with Crippen LogP contribution in [0.3, 0.4) is 0 Å². The van der Waals surface area contributed by atoms with E-state index in [9.17, 15) is 9.59 Å². The minimum atomic E-state index is 0.0467. The van der Waals surface area contributed by atoms with Crippen molar-refractivity contribution in [2.75, 3.05) is 36.9 Å². The number of ether oxygens (including phenoxy) is 1. The fraction of sp³-hybridized carbons (Fsp3) is 0.429. The summed E-state index contributed by atoms with van der Waals surface area (Å²) in [6.07, 6.45) is 0.362. The quantitative estimate of drug-likeness (QED) is 0.854. The van der Waals surface area contributed by atoms with Crippen LogP contribution in [0.25, 0.3) is 0 Å². The molecule has 2 aliphatic heterocycles. The van der Waals surface area contributed by atoms with Gasteiger partial charge in [0.15, 0.2) is 0 Å². The van der Waals surface area contributed by atoms with Crippen molar-refractivity contribution in [2.24, 2.45) is 0 Å². The summed E-state index contributed by atoms with van der Waals surface area (Å²) < 4.78 is 5.54. The van der Waals surface area contributed by atoms with Crippen LogP contribution in [0.15, 0.2) is 24.3 Å². The van der Waals surface area contributed by atoms with E-state index in [4.69, 9.17) is 4.74 Å². The smallest absolute Gasteiger partial charge is 0.281 e. The van der Waals surface area contributed by atoms with Crippen LogP contribution in [0.4, 0.5) is 10.5 Å². The Bertz CT molecular complexity index is 535. The molecule has 3 rings (SSSR count). The average molecular weight is 292 g/mol. The number of thioether (sulfide) groups is 1. The van der Waals surface area contributed by atoms with Crippen LogP contribution in [-0.4, -0.2) is 48.0 Å². The molecule has 2 heterocycles. The van der Waals surface area contributed by atoms with Gasteiger partial charge in [0.1, 0.15) is 12.4 Å². The first-order valence-electron chi connectivity index (χ1n) is 6.69. The molecule has 0 radical (unpaired) electrons. The molecule has 2 amide bonds. The molecule has 1 aromatic rings. The fourth-order valence-electron chi connectivity index (χ4n) is 2.42. The zero-order valence-corrected chi connectivity index (χ0v) is 11.9. The maximum Gasteiger partial charge on any atom is 0.281 e. The summed E-state index contributed by atoms with van der Waals surface area (Å²) in [7, 11) is 0. The molecule has 1 saturated heterocycles. The highest BCUT2D eigenvalue weighted by molar-refractivity contribution is 8.13. The van der Waals surface area contributed by atoms with E-state index >= 15 is 0 Å². The van der Waals surface area contributed by atoms with Gasteiger partial charge in [-0.15, -0.1) is 0 Å². The van der Waals surface area contributed by atoms with Gasteiger partial charge in [-0.2, -0.15) is 0 Å². The number of fused-ring (bicyclic) bond motifs is 1. The summed E-state index contributed by atoms with van der Waals surface area (Å²) in [5.74, 6) is 1.62. The zero-order chi connectivity index (χ0) is 13.9. The molecule has 0 bridgehead atoms. The SMILES string of the molecule is O=C1SCCN1CCC(=O)N1CCOc2ccccc21. The van der Waals surface area contributed by atoms with Crippen LogP contribution >= 0.6 is 11.8 Å². The van der Waals surface area contributed by atoms with Crippen molar-refractivity contribution in [2.45, 2.75) is 6.42 Å². The molecule has 0 saturated carbocycles. The third kappa shape index (κ3) is 2.60. The van der Waals surface area contributed by atoms with E-state index in [-0.39, 0.29) is 11.1 Å². The number of hydrogen-bond donors (Lipinski definition) is 0. The first-order valence-corrected chi connectivity index (χ1v) is 7.68. The lowest BCUT2D eigenvalue weighted by Gasteiger charge is -2.30. The highest BCUT2D eigenvalue weighted by atomic mass is 32.2. The minimum Gasteiger partial charge on any atom is -0.490 e. The number of para-hydroxylation sites is 2. The molecule has 2 aliphatic rings. The summed E-state index contributed by atoms with van der Waals surface area (Å²) in [6, 6.07) is 7.56. The Morgan fingerprint density at radius 3 is 2.95 bits per heavy atom. The number of carbonyl (C=O) groups is 2. The third-order valence-electron chi connectivity index (χ3n) is 3.47. The van der Waals surface area contributed by atoms with Crippen LogP contribution < -0.4 is 9.64 Å². The lowest BCUT2D eigenvalue weighted by Crippen LogP contribution is -2.39. The van der Waals surface area contributed by atoms with E-state index in [0.29, 0.717) is 26.1 Å². The Morgan fingerprint density at radius 2 is 2.15 bits per heavy atom. The van der Waals surface area contributed by atoms with Gasteiger partial charge in [0, 0.05) is 25.3 Å². The molecule has 0 N–H and O–H groups in total. The van der Waals surface area contributed by atoms with Crippen molar-refractivity contribution in [1.29, 1.82) is 0 Å². The molecular formula is C14H16N2O3S. The normalized spacial score (nSPS) is 17.9. The highest BCUT2D eigenvalue weighted by Gasteiger charge is 2.26. The van der Waals surface area contributed by atoms with E-state index in [1.165, 1.54) is 11.8 Å². The Hall–Kier alpha value is -1.69. The van der Waals surface area contributed by atoms with Crippen molar-refractivity contribution in [3.8, 4) is 5.75 Å². The summed E-state index contributed by atoms with van der Waals surface area (Å²) in [6.45, 7) is 2.33. The highest BCUT2D eigenvalue weighted by Crippen LogP contribution is 2.31. The van der Waals surface area contributed by atoms with Gasteiger partial charge in [0.25, 0.3) is 5.24 Å². The largest absolute Gasteiger partial charge is 0.490 e. The molecule has 0 aliphatic carbocycles. The molecule has 20 heavy (non-hydrogen) atoms. The van der Waals surface area contributed by atoms with E-state index in [0.717, 1.165) is 23.7 Å². The van der Waals surface area contributed by atoms with Crippen molar-refractivity contribution in [1.82, 2.24) is 4.90 Å². The van der Waals surface area contributed by atoms with Gasteiger partial charge in [-0.25, -0.2) is 0 Å². The predicted octanol–water partition coefficient (Wildman–Crippen LogP) is 1.97. The van der Waals surface area contributed by atoms with E-state index in [2.05, 4.69) is 0 Å². The molecule has 0 aromatic heterocycles. The first kappa shape index (κ1) is 13.3. The van der Waals surface area contributed by atoms with Crippen molar-refractivity contribution in [3.63, 3.8) is 0 Å². The number of anilines is 1. The van der Waals surface area contributed by atoms with Gasteiger partial charge < -0.3 is 14.5 Å². The van der Waals surface area contributed by atoms with Gasteiger partial charge >= 0.3 is 0 Å². The first-order chi connectivity index (χ1) is 9.75. The second-order valence-corrected chi connectivity index (χ2v) is 5.76. The zero-order valence-electron chi connectivity index (χ0n) is 11.1. The number of carbonyl (C=O) groups excluding carboxylic acids is 2. The van der Waals surface area contributed by atoms with E-state index in [1.807, 2.05) is 24.3 Å². The van der Waals surface area contributed by atoms with Gasteiger partial charge in [0.05, 0.1) is 12.2 Å². The molecule has 0 atom stereocenters. The molecular weight excluding hydrogens is 276 g/mol. The maximum atomic E-state index is 12.3. The van der Waals surface area contributed by atoms with E-state index < -0.39 is 0 Å². The van der Waals surface area contributed by atoms with Gasteiger partial charge in [-0.1, -0.05) is 23.9 Å². The van der Waals surface area contributed by atoms with E-state index in [1.54, 1.807) is 9.80 Å². The topological polar surface area (TPSA) is 49.9 Å². The summed E-state index contributed by atoms with van der Waals surface area (Å²) in [5, 5.41) is 0.0835. The summed E-state index contributed by atoms with van der Waals surface area (Å²) in [4.78, 5) is 27.4. The molecule has 0 unspecified atom stereocenters. The van der Waals surface area contributed by atoms with Crippen LogP contribution in [0.5, 0.6) is 5.75 Å². The van der Waals surface area contributed by atoms with Crippen LogP contribution in [0.1, 0.15) is 6.42 Å². The summed E-state index contributed by atoms with van der Waals surface area (Å²) in [5.41, 5.74) is 0.825. The van der Waals surface area contributed by atoms with Gasteiger partial charge in [-0.05, 0) is 12.1 Å². The fourth-order valence-corrected chi connectivity index (χ4v) is 3.27. The monoisotopic (exact) mass is 292 g/mol. The number of benzene rings is 1.